The van der Waals surface area contributed by atoms with Crippen LogP contribution in [0.4, 0.5) is 0 Å². The summed E-state index contributed by atoms with van der Waals surface area (Å²) in [7, 11) is 0. The lowest BCUT2D eigenvalue weighted by Gasteiger charge is -2.46. The van der Waals surface area contributed by atoms with Crippen LogP contribution in [0.25, 0.3) is 0 Å². The number of allylic oxidation sites excluding steroid dienone is 1. The highest BCUT2D eigenvalue weighted by atomic mass is 16.6. The Morgan fingerprint density at radius 3 is 2.60 bits per heavy atom. The van der Waals surface area contributed by atoms with Crippen LogP contribution in [0.15, 0.2) is 42.0 Å². The lowest BCUT2D eigenvalue weighted by atomic mass is 9.59. The number of hydrogen-bond acceptors (Lipinski definition) is 4. The van der Waals surface area contributed by atoms with Gasteiger partial charge in [0, 0.05) is 45.2 Å². The maximum atomic E-state index is 12.8. The van der Waals surface area contributed by atoms with E-state index in [0.717, 1.165) is 45.7 Å². The summed E-state index contributed by atoms with van der Waals surface area (Å²) in [6, 6.07) is 10.7. The number of rotatable bonds is 4. The molecule has 2 heterocycles. The van der Waals surface area contributed by atoms with Gasteiger partial charge in [-0.2, -0.15) is 0 Å². The highest BCUT2D eigenvalue weighted by Crippen LogP contribution is 2.54. The van der Waals surface area contributed by atoms with Gasteiger partial charge in [0.15, 0.2) is 0 Å². The third-order valence-corrected chi connectivity index (χ3v) is 8.25. The number of esters is 1. The smallest absolute Gasteiger partial charge is 0.311 e. The lowest BCUT2D eigenvalue weighted by Crippen LogP contribution is -2.48. The summed E-state index contributed by atoms with van der Waals surface area (Å²) in [5.41, 5.74) is 3.24. The van der Waals surface area contributed by atoms with Crippen LogP contribution < -0.4 is 0 Å². The summed E-state index contributed by atoms with van der Waals surface area (Å²) < 4.78 is 5.95. The Morgan fingerprint density at radius 1 is 1.10 bits per heavy atom. The first-order valence-electron chi connectivity index (χ1n) is 11.9. The third-order valence-electron chi connectivity index (χ3n) is 8.25. The molecule has 0 amide bonds. The molecule has 4 aliphatic rings. The fourth-order valence-corrected chi connectivity index (χ4v) is 6.51. The Kier molecular flexibility index (Phi) is 5.49. The Hall–Kier alpha value is -1.65. The molecule has 5 atom stereocenters. The van der Waals surface area contributed by atoms with Gasteiger partial charge in [0.25, 0.3) is 0 Å². The highest BCUT2D eigenvalue weighted by Gasteiger charge is 2.52. The van der Waals surface area contributed by atoms with Crippen molar-refractivity contribution in [2.75, 3.05) is 32.7 Å². The van der Waals surface area contributed by atoms with Crippen molar-refractivity contribution >= 4 is 5.97 Å². The Balaban J connectivity index is 1.22. The van der Waals surface area contributed by atoms with E-state index in [0.29, 0.717) is 5.92 Å². The van der Waals surface area contributed by atoms with Gasteiger partial charge < -0.3 is 4.74 Å². The zero-order chi connectivity index (χ0) is 20.7. The van der Waals surface area contributed by atoms with E-state index in [1.54, 1.807) is 5.57 Å². The summed E-state index contributed by atoms with van der Waals surface area (Å²) in [4.78, 5) is 17.8. The van der Waals surface area contributed by atoms with E-state index in [4.69, 9.17) is 4.74 Å². The van der Waals surface area contributed by atoms with Crippen LogP contribution in [0.5, 0.6) is 0 Å². The van der Waals surface area contributed by atoms with Gasteiger partial charge in [0.2, 0.25) is 0 Å². The molecule has 3 fully saturated rings. The van der Waals surface area contributed by atoms with E-state index >= 15 is 0 Å². The van der Waals surface area contributed by atoms with Crippen molar-refractivity contribution < 1.29 is 9.53 Å². The minimum absolute atomic E-state index is 0.0156. The summed E-state index contributed by atoms with van der Waals surface area (Å²) in [5.74, 6) is 0.997. The molecule has 30 heavy (non-hydrogen) atoms. The average molecular weight is 409 g/mol. The number of carbonyl (C=O) groups is 1. The molecule has 0 N–H and O–H groups in total. The topological polar surface area (TPSA) is 32.8 Å². The molecule has 0 aromatic heterocycles. The van der Waals surface area contributed by atoms with E-state index in [2.05, 4.69) is 60.1 Å². The second-order valence-corrected chi connectivity index (χ2v) is 10.4. The number of carbonyl (C=O) groups excluding carboxylic acids is 1. The van der Waals surface area contributed by atoms with Gasteiger partial charge in [0.1, 0.15) is 6.10 Å². The number of benzene rings is 1. The molecule has 2 aliphatic heterocycles. The van der Waals surface area contributed by atoms with Crippen LogP contribution in [0.2, 0.25) is 0 Å². The van der Waals surface area contributed by atoms with Crippen LogP contribution in [-0.2, 0) is 16.1 Å². The molecular weight excluding hydrogens is 372 g/mol. The zero-order valence-electron chi connectivity index (χ0n) is 18.6. The minimum Gasteiger partial charge on any atom is -0.461 e. The summed E-state index contributed by atoms with van der Waals surface area (Å²) in [6.45, 7) is 10.9. The van der Waals surface area contributed by atoms with Crippen molar-refractivity contribution in [1.82, 2.24) is 9.80 Å². The Labute approximate surface area is 181 Å². The molecule has 1 saturated carbocycles. The SMILES string of the molecule is C[C@@H]1CCC[C@@]2(C)C[C@H]3OC(=O)[C@H](CN4CCN(Cc5ccccc5)CC4)[C@@H]3C=C12. The Morgan fingerprint density at radius 2 is 1.83 bits per heavy atom. The van der Waals surface area contributed by atoms with E-state index in [-0.39, 0.29) is 29.3 Å². The van der Waals surface area contributed by atoms with Gasteiger partial charge in [-0.1, -0.05) is 62.2 Å². The van der Waals surface area contributed by atoms with Gasteiger partial charge in [-0.15, -0.1) is 0 Å². The molecular formula is C26H36N2O2. The normalized spacial score (nSPS) is 37.3. The van der Waals surface area contributed by atoms with Crippen molar-refractivity contribution in [3.8, 4) is 0 Å². The second kappa shape index (κ2) is 8.12. The number of nitrogens with zero attached hydrogens (tertiary/aromatic N) is 2. The number of hydrogen-bond donors (Lipinski definition) is 0. The van der Waals surface area contributed by atoms with Gasteiger partial charge in [-0.3, -0.25) is 14.6 Å². The monoisotopic (exact) mass is 408 g/mol. The lowest BCUT2D eigenvalue weighted by molar-refractivity contribution is -0.145. The summed E-state index contributed by atoms with van der Waals surface area (Å²) >= 11 is 0. The average Bonchev–Trinajstić information content (AvgIpc) is 3.02. The molecule has 162 valence electrons. The molecule has 0 unspecified atom stereocenters. The van der Waals surface area contributed by atoms with Gasteiger partial charge in [0.05, 0.1) is 5.92 Å². The predicted octanol–water partition coefficient (Wildman–Crippen LogP) is 4.12. The molecule has 4 heteroatoms. The standard InChI is InChI=1S/C26H36N2O2/c1-19-7-6-10-26(2)16-24-21(15-23(19)26)22(25(29)30-24)18-28-13-11-27(12-14-28)17-20-8-4-3-5-9-20/h3-5,8-9,15,19,21-22,24H,6-7,10-14,16-18H2,1-2H3/t19-,21+,22-,24-,26+/m1/s1. The van der Waals surface area contributed by atoms with Gasteiger partial charge in [-0.05, 0) is 36.2 Å². The molecule has 1 aromatic rings. The van der Waals surface area contributed by atoms with Crippen molar-refractivity contribution in [1.29, 1.82) is 0 Å². The van der Waals surface area contributed by atoms with Gasteiger partial charge >= 0.3 is 5.97 Å². The molecule has 4 nitrogen and oxygen atoms in total. The molecule has 1 aromatic carbocycles. The van der Waals surface area contributed by atoms with Gasteiger partial charge in [-0.25, -0.2) is 0 Å². The number of fused-ring (bicyclic) bond motifs is 2. The fourth-order valence-electron chi connectivity index (χ4n) is 6.51. The Bertz CT molecular complexity index is 799. The molecule has 5 rings (SSSR count). The van der Waals surface area contributed by atoms with Crippen LogP contribution >= 0.6 is 0 Å². The van der Waals surface area contributed by atoms with E-state index in [1.165, 1.54) is 24.8 Å². The van der Waals surface area contributed by atoms with E-state index in [9.17, 15) is 4.79 Å². The largest absolute Gasteiger partial charge is 0.461 e. The highest BCUT2D eigenvalue weighted by molar-refractivity contribution is 5.76. The first kappa shape index (κ1) is 20.3. The number of piperazine rings is 1. The first-order valence-corrected chi connectivity index (χ1v) is 11.9. The van der Waals surface area contributed by atoms with E-state index in [1.807, 2.05) is 0 Å². The van der Waals surface area contributed by atoms with Crippen molar-refractivity contribution in [3.05, 3.63) is 47.5 Å². The van der Waals surface area contributed by atoms with Crippen LogP contribution in [-0.4, -0.2) is 54.6 Å². The maximum Gasteiger partial charge on any atom is 0.311 e. The van der Waals surface area contributed by atoms with Crippen molar-refractivity contribution in [2.24, 2.45) is 23.2 Å². The van der Waals surface area contributed by atoms with Crippen molar-refractivity contribution in [2.45, 2.75) is 52.2 Å². The molecule has 0 radical (unpaired) electrons. The van der Waals surface area contributed by atoms with E-state index < -0.39 is 0 Å². The predicted molar refractivity (Wildman–Crippen MR) is 119 cm³/mol. The minimum atomic E-state index is 0.0156. The number of ether oxygens (including phenoxy) is 1. The quantitative estimate of drug-likeness (QED) is 0.554. The molecule has 0 spiro atoms. The first-order chi connectivity index (χ1) is 14.5. The third kappa shape index (κ3) is 3.85. The summed E-state index contributed by atoms with van der Waals surface area (Å²) in [6.07, 6.45) is 7.46. The fraction of sp³-hybridized carbons (Fsp3) is 0.654. The second-order valence-electron chi connectivity index (χ2n) is 10.4. The molecule has 2 aliphatic carbocycles. The van der Waals surface area contributed by atoms with Crippen LogP contribution in [0.1, 0.15) is 45.1 Å². The van der Waals surface area contributed by atoms with Crippen LogP contribution in [0, 0.1) is 23.2 Å². The molecule has 0 bridgehead atoms. The van der Waals surface area contributed by atoms with Crippen LogP contribution in [0.3, 0.4) is 0 Å². The maximum absolute atomic E-state index is 12.8. The molecule has 2 saturated heterocycles. The van der Waals surface area contributed by atoms with Crippen molar-refractivity contribution in [3.63, 3.8) is 0 Å². The zero-order valence-corrected chi connectivity index (χ0v) is 18.6. The summed E-state index contributed by atoms with van der Waals surface area (Å²) in [5, 5.41) is 0.